The Morgan fingerprint density at radius 3 is 2.38 bits per heavy atom. The number of thioether (sulfide) groups is 1. The lowest BCUT2D eigenvalue weighted by atomic mass is 9.90. The lowest BCUT2D eigenvalue weighted by Crippen LogP contribution is -2.11. The molecule has 6 nitrogen and oxygen atoms in total. The van der Waals surface area contributed by atoms with Gasteiger partial charge in [0.15, 0.2) is 5.76 Å². The Kier molecular flexibility index (Phi) is 17.1. The van der Waals surface area contributed by atoms with Gasteiger partial charge in [-0.25, -0.2) is 0 Å². The summed E-state index contributed by atoms with van der Waals surface area (Å²) in [4.78, 5) is 4.50. The highest BCUT2D eigenvalue weighted by atomic mass is 32.2. The molecule has 47 heavy (non-hydrogen) atoms. The molecule has 1 fully saturated rings. The minimum Gasteiger partial charge on any atom is -0.398 e. The molecule has 2 N–H and O–H groups in total. The number of ether oxygens (including phenoxy) is 1. The van der Waals surface area contributed by atoms with Crippen LogP contribution in [0.4, 0.5) is 0 Å². The third-order valence-corrected chi connectivity index (χ3v) is 9.17. The number of nitrogens with two attached hydrogens (primary N) is 1. The van der Waals surface area contributed by atoms with Crippen LogP contribution >= 0.6 is 11.8 Å². The van der Waals surface area contributed by atoms with E-state index in [0.717, 1.165) is 81.5 Å². The lowest BCUT2D eigenvalue weighted by Gasteiger charge is -2.18. The summed E-state index contributed by atoms with van der Waals surface area (Å²) in [7, 11) is 0. The number of unbranched alkanes of at least 4 members (excludes halogenated alkanes) is 1. The smallest absolute Gasteiger partial charge is 0.171 e. The molecule has 2 aromatic carbocycles. The summed E-state index contributed by atoms with van der Waals surface area (Å²) < 4.78 is 11.4. The zero-order valence-corrected chi connectivity index (χ0v) is 29.4. The molecule has 1 aliphatic heterocycles. The zero-order valence-electron chi connectivity index (χ0n) is 28.6. The Hall–Kier alpha value is -3.86. The fraction of sp³-hybridized carbons (Fsp3) is 0.425. The van der Waals surface area contributed by atoms with Gasteiger partial charge >= 0.3 is 0 Å². The molecule has 4 rings (SSSR count). The highest BCUT2D eigenvalue weighted by Crippen LogP contribution is 2.33. The molecular formula is C40H54N4O2S. The van der Waals surface area contributed by atoms with E-state index in [2.05, 4.69) is 62.1 Å². The maximum atomic E-state index is 9.05. The normalized spacial score (nSPS) is 17.3. The van der Waals surface area contributed by atoms with Crippen molar-refractivity contribution >= 4 is 23.5 Å². The van der Waals surface area contributed by atoms with Gasteiger partial charge in [0, 0.05) is 45.8 Å². The number of aryl methyl sites for hydroxylation is 1. The van der Waals surface area contributed by atoms with Crippen LogP contribution < -0.4 is 5.73 Å². The van der Waals surface area contributed by atoms with Gasteiger partial charge in [-0.3, -0.25) is 4.99 Å². The Bertz CT molecular complexity index is 1560. The largest absolute Gasteiger partial charge is 0.398 e. The van der Waals surface area contributed by atoms with Crippen molar-refractivity contribution in [3.05, 3.63) is 106 Å². The quantitative estimate of drug-likeness (QED) is 0.154. The summed E-state index contributed by atoms with van der Waals surface area (Å²) in [6, 6.07) is 20.0. The summed E-state index contributed by atoms with van der Waals surface area (Å²) in [5, 5.41) is 13.2. The molecule has 0 aliphatic carbocycles. The van der Waals surface area contributed by atoms with Crippen LogP contribution in [0.1, 0.15) is 103 Å². The monoisotopic (exact) mass is 654 g/mol. The van der Waals surface area contributed by atoms with E-state index in [-0.39, 0.29) is 7.43 Å². The molecule has 0 bridgehead atoms. The van der Waals surface area contributed by atoms with E-state index in [1.54, 1.807) is 6.21 Å². The number of benzene rings is 2. The fourth-order valence-corrected chi connectivity index (χ4v) is 6.42. The van der Waals surface area contributed by atoms with Crippen LogP contribution in [0.2, 0.25) is 0 Å². The number of hydrogen-bond acceptors (Lipinski definition) is 7. The third-order valence-electron chi connectivity index (χ3n) is 8.07. The summed E-state index contributed by atoms with van der Waals surface area (Å²) in [5.74, 6) is 2.87. The molecule has 0 saturated carbocycles. The first kappa shape index (κ1) is 39.3. The van der Waals surface area contributed by atoms with E-state index >= 15 is 0 Å². The van der Waals surface area contributed by atoms with E-state index in [1.165, 1.54) is 18.4 Å². The second-order valence-corrected chi connectivity index (χ2v) is 12.6. The maximum absolute atomic E-state index is 9.05. The number of rotatable bonds is 12. The molecule has 0 radical (unpaired) electrons. The number of hydrogen-bond donors (Lipinski definition) is 1. The molecular weight excluding hydrogens is 601 g/mol. The van der Waals surface area contributed by atoms with Crippen molar-refractivity contribution < 1.29 is 9.26 Å². The van der Waals surface area contributed by atoms with E-state index in [4.69, 9.17) is 20.3 Å². The van der Waals surface area contributed by atoms with Crippen LogP contribution in [-0.2, 0) is 10.5 Å². The molecule has 2 unspecified atom stereocenters. The minimum atomic E-state index is 0. The molecule has 1 aliphatic rings. The van der Waals surface area contributed by atoms with E-state index < -0.39 is 0 Å². The average Bonchev–Trinajstić information content (AvgIpc) is 3.67. The number of nitrogens with zero attached hydrogens (tertiary/aromatic N) is 3. The second kappa shape index (κ2) is 20.4. The van der Waals surface area contributed by atoms with Gasteiger partial charge in [-0.05, 0) is 89.1 Å². The molecule has 2 atom stereocenters. The summed E-state index contributed by atoms with van der Waals surface area (Å²) in [5.41, 5.74) is 16.4. The van der Waals surface area contributed by atoms with Gasteiger partial charge in [0.05, 0.1) is 29.5 Å². The molecule has 1 saturated heterocycles. The Morgan fingerprint density at radius 2 is 1.81 bits per heavy atom. The van der Waals surface area contributed by atoms with Crippen molar-refractivity contribution in [3.63, 3.8) is 0 Å². The molecule has 3 aromatic rings. The molecule has 2 heterocycles. The number of nitriles is 1. The molecule has 0 spiro atoms. The summed E-state index contributed by atoms with van der Waals surface area (Å²) in [6.45, 7) is 14.4. The van der Waals surface area contributed by atoms with Crippen molar-refractivity contribution in [1.82, 2.24) is 5.16 Å². The predicted octanol–water partition coefficient (Wildman–Crippen LogP) is 10.8. The van der Waals surface area contributed by atoms with Crippen LogP contribution in [0, 0.1) is 18.3 Å². The van der Waals surface area contributed by atoms with Crippen molar-refractivity contribution in [3.8, 4) is 17.4 Å². The Balaban J connectivity index is 0.000000323. The number of allylic oxidation sites excluding steroid dienone is 4. The summed E-state index contributed by atoms with van der Waals surface area (Å²) >= 11 is 1.91. The first-order chi connectivity index (χ1) is 22.2. The van der Waals surface area contributed by atoms with Crippen LogP contribution in [0.25, 0.3) is 16.9 Å². The minimum absolute atomic E-state index is 0. The molecule has 252 valence electrons. The maximum Gasteiger partial charge on any atom is 0.171 e. The molecule has 7 heteroatoms. The van der Waals surface area contributed by atoms with E-state index in [1.807, 2.05) is 75.0 Å². The van der Waals surface area contributed by atoms with Crippen LogP contribution in [-0.4, -0.2) is 29.3 Å². The predicted molar refractivity (Wildman–Crippen MR) is 201 cm³/mol. The average molecular weight is 655 g/mol. The fourth-order valence-electron chi connectivity index (χ4n) is 5.25. The molecule has 0 amide bonds. The Labute approximate surface area is 287 Å². The van der Waals surface area contributed by atoms with Gasteiger partial charge in [-0.15, -0.1) is 0 Å². The van der Waals surface area contributed by atoms with Gasteiger partial charge in [0.1, 0.15) is 0 Å². The van der Waals surface area contributed by atoms with Crippen molar-refractivity contribution in [2.75, 3.05) is 5.75 Å². The van der Waals surface area contributed by atoms with Crippen molar-refractivity contribution in [1.29, 1.82) is 5.26 Å². The van der Waals surface area contributed by atoms with Gasteiger partial charge in [0.25, 0.3) is 0 Å². The summed E-state index contributed by atoms with van der Waals surface area (Å²) in [6.07, 6.45) is 10.1. The van der Waals surface area contributed by atoms with E-state index in [9.17, 15) is 0 Å². The van der Waals surface area contributed by atoms with Crippen molar-refractivity contribution in [2.24, 2.45) is 10.7 Å². The van der Waals surface area contributed by atoms with Gasteiger partial charge < -0.3 is 15.0 Å². The van der Waals surface area contributed by atoms with Crippen LogP contribution in [0.5, 0.6) is 0 Å². The van der Waals surface area contributed by atoms with Crippen LogP contribution in [0.15, 0.2) is 92.7 Å². The highest BCUT2D eigenvalue weighted by Gasteiger charge is 2.22. The standard InChI is InChI=1S/C22H29N3.C17H21NO2S.CH4/c1-6-9-10-20(19-13-11-18(15-23)12-14-19)21(17(5)25-8-3)22(24)16(4)7-2;1-12-8-9-15(19-12)10-21-11-16-13(2)18-20-17(16)14-6-4-3-5-7-14;/h8,10-14H,6-7,9,24H2,1-5H3;3-7,12,15H,8-11H2,1-2H3;1H4/b20-10-,21-17-,22-16-,25-8?;;. The van der Waals surface area contributed by atoms with Gasteiger partial charge in [-0.2, -0.15) is 17.0 Å². The van der Waals surface area contributed by atoms with Gasteiger partial charge in [0.2, 0.25) is 0 Å². The zero-order chi connectivity index (χ0) is 33.5. The lowest BCUT2D eigenvalue weighted by molar-refractivity contribution is 0.0700. The first-order valence-electron chi connectivity index (χ1n) is 16.3. The highest BCUT2D eigenvalue weighted by molar-refractivity contribution is 7.98. The SMILES string of the molecule is C.CC=N/C(C)=C(C(=C\CCC)/c1ccc(C#N)cc1)\C(N)=C(/C)CC.Cc1noc(-c2ccccc2)c1CSCC1CCC(C)O1. The first-order valence-corrected chi connectivity index (χ1v) is 17.5. The van der Waals surface area contributed by atoms with Crippen LogP contribution in [0.3, 0.4) is 0 Å². The molecule has 1 aromatic heterocycles. The third kappa shape index (κ3) is 11.4. The number of aromatic nitrogens is 1. The Morgan fingerprint density at radius 1 is 1.11 bits per heavy atom. The number of aliphatic imine (C=N–C) groups is 1. The van der Waals surface area contributed by atoms with E-state index in [0.29, 0.717) is 17.8 Å². The second-order valence-electron chi connectivity index (χ2n) is 11.6. The topological polar surface area (TPSA) is 97.4 Å². The van der Waals surface area contributed by atoms with Crippen molar-refractivity contribution in [2.45, 2.75) is 106 Å². The van der Waals surface area contributed by atoms with Gasteiger partial charge in [-0.1, -0.05) is 81.4 Å².